The molecule has 0 aliphatic heterocycles. The summed E-state index contributed by atoms with van der Waals surface area (Å²) in [6.07, 6.45) is 4.74. The van der Waals surface area contributed by atoms with Gasteiger partial charge < -0.3 is 4.98 Å². The second kappa shape index (κ2) is 5.16. The fourth-order valence-corrected chi connectivity index (χ4v) is 3.71. The van der Waals surface area contributed by atoms with E-state index in [1.165, 1.54) is 12.7 Å². The van der Waals surface area contributed by atoms with Crippen LogP contribution in [0.2, 0.25) is 0 Å². The van der Waals surface area contributed by atoms with Crippen molar-refractivity contribution in [3.63, 3.8) is 0 Å². The van der Waals surface area contributed by atoms with Crippen molar-refractivity contribution in [2.24, 2.45) is 17.8 Å². The zero-order chi connectivity index (χ0) is 15.1. The summed E-state index contributed by atoms with van der Waals surface area (Å²) in [7, 11) is 0. The van der Waals surface area contributed by atoms with Gasteiger partial charge in [-0.05, 0) is 30.6 Å². The molecule has 1 fully saturated rings. The molecule has 3 rings (SSSR count). The zero-order valence-electron chi connectivity index (χ0n) is 12.7. The third-order valence-corrected chi connectivity index (χ3v) is 4.83. The molecule has 1 saturated carbocycles. The van der Waals surface area contributed by atoms with Gasteiger partial charge in [-0.25, -0.2) is 9.78 Å². The number of hydrogen-bond donors (Lipinski definition) is 2. The summed E-state index contributed by atoms with van der Waals surface area (Å²) in [5.41, 5.74) is 0.127. The number of nitrogens with one attached hydrogen (secondary N) is 2. The van der Waals surface area contributed by atoms with E-state index in [0.717, 1.165) is 12.8 Å². The molecule has 2 N–H and O–H groups in total. The Hall–Kier alpha value is -1.85. The second-order valence-corrected chi connectivity index (χ2v) is 6.62. The molecule has 114 valence electrons. The minimum atomic E-state index is -0.395. The van der Waals surface area contributed by atoms with Crippen LogP contribution in [0.4, 0.5) is 0 Å². The lowest BCUT2D eigenvalue weighted by molar-refractivity contribution is 0.148. The van der Waals surface area contributed by atoms with Crippen LogP contribution >= 0.6 is 0 Å². The van der Waals surface area contributed by atoms with Gasteiger partial charge in [0.1, 0.15) is 5.52 Å². The summed E-state index contributed by atoms with van der Waals surface area (Å²) in [6, 6.07) is 0.101. The first-order valence-corrected chi connectivity index (χ1v) is 7.67. The average Bonchev–Trinajstić information content (AvgIpc) is 2.88. The second-order valence-electron chi connectivity index (χ2n) is 6.62. The molecule has 3 atom stereocenters. The van der Waals surface area contributed by atoms with Crippen molar-refractivity contribution in [2.45, 2.75) is 46.1 Å². The molecule has 0 amide bonds. The van der Waals surface area contributed by atoms with Crippen LogP contribution in [-0.2, 0) is 0 Å². The molecule has 0 bridgehead atoms. The Bertz CT molecular complexity index is 755. The summed E-state index contributed by atoms with van der Waals surface area (Å²) in [5.74, 6) is 1.51. The maximum atomic E-state index is 12.4. The lowest BCUT2D eigenvalue weighted by Gasteiger charge is -2.38. The number of fused-ring (bicyclic) bond motifs is 1. The number of hydrogen-bond acceptors (Lipinski definition) is 3. The Morgan fingerprint density at radius 3 is 2.81 bits per heavy atom. The van der Waals surface area contributed by atoms with Crippen LogP contribution in [-0.4, -0.2) is 19.5 Å². The summed E-state index contributed by atoms with van der Waals surface area (Å²) in [6.45, 7) is 6.63. The Morgan fingerprint density at radius 1 is 1.33 bits per heavy atom. The standard InChI is InChI=1S/C15H22N4O2/c1-8(2)10-5-4-9(3)6-11(10)19-13-12(16-7-17-13)14(20)18-15(19)21/h7-11H,4-6H2,1-3H3,(H,16,17)(H,18,20,21). The summed E-state index contributed by atoms with van der Waals surface area (Å²) < 4.78 is 1.70. The SMILES string of the molecule is CC1CCC(C(C)C)C(n2c(=O)[nH]c(=O)c3[nH]cnc32)C1. The molecule has 2 aromatic rings. The van der Waals surface area contributed by atoms with Gasteiger partial charge in [0.2, 0.25) is 0 Å². The first-order valence-electron chi connectivity index (χ1n) is 7.67. The predicted octanol–water partition coefficient (Wildman–Crippen LogP) is 2.05. The molecule has 21 heavy (non-hydrogen) atoms. The van der Waals surface area contributed by atoms with Gasteiger partial charge in [0.05, 0.1) is 6.33 Å². The van der Waals surface area contributed by atoms with E-state index in [0.29, 0.717) is 28.9 Å². The number of imidazole rings is 1. The van der Waals surface area contributed by atoms with Gasteiger partial charge in [-0.15, -0.1) is 0 Å². The highest BCUT2D eigenvalue weighted by Crippen LogP contribution is 2.40. The van der Waals surface area contributed by atoms with Gasteiger partial charge in [0, 0.05) is 6.04 Å². The van der Waals surface area contributed by atoms with E-state index in [1.807, 2.05) is 0 Å². The maximum absolute atomic E-state index is 12.4. The van der Waals surface area contributed by atoms with Crippen LogP contribution in [0, 0.1) is 17.8 Å². The van der Waals surface area contributed by atoms with Crippen molar-refractivity contribution in [2.75, 3.05) is 0 Å². The fourth-order valence-electron chi connectivity index (χ4n) is 3.71. The van der Waals surface area contributed by atoms with Gasteiger partial charge in [-0.2, -0.15) is 0 Å². The molecular formula is C15H22N4O2. The van der Waals surface area contributed by atoms with Crippen LogP contribution in [0.5, 0.6) is 0 Å². The van der Waals surface area contributed by atoms with Crippen LogP contribution in [0.3, 0.4) is 0 Å². The Morgan fingerprint density at radius 2 is 2.10 bits per heavy atom. The van der Waals surface area contributed by atoms with Gasteiger partial charge in [-0.3, -0.25) is 14.3 Å². The first kappa shape index (κ1) is 14.1. The molecule has 0 radical (unpaired) electrons. The number of nitrogens with zero attached hydrogens (tertiary/aromatic N) is 2. The Balaban J connectivity index is 2.20. The van der Waals surface area contributed by atoms with Gasteiger partial charge >= 0.3 is 5.69 Å². The predicted molar refractivity (Wildman–Crippen MR) is 81.4 cm³/mol. The molecule has 1 aliphatic carbocycles. The van der Waals surface area contributed by atoms with E-state index in [2.05, 4.69) is 35.7 Å². The highest BCUT2D eigenvalue weighted by atomic mass is 16.2. The van der Waals surface area contributed by atoms with E-state index in [4.69, 9.17) is 0 Å². The molecule has 2 heterocycles. The van der Waals surface area contributed by atoms with Gasteiger partial charge in [0.25, 0.3) is 5.56 Å². The quantitative estimate of drug-likeness (QED) is 0.887. The summed E-state index contributed by atoms with van der Waals surface area (Å²) in [4.78, 5) is 33.7. The molecule has 6 nitrogen and oxygen atoms in total. The molecule has 3 unspecified atom stereocenters. The van der Waals surface area contributed by atoms with Crippen LogP contribution < -0.4 is 11.2 Å². The van der Waals surface area contributed by atoms with E-state index in [-0.39, 0.29) is 11.7 Å². The van der Waals surface area contributed by atoms with E-state index < -0.39 is 5.56 Å². The smallest absolute Gasteiger partial charge is 0.330 e. The molecular weight excluding hydrogens is 268 g/mol. The van der Waals surface area contributed by atoms with Crippen molar-refractivity contribution in [3.05, 3.63) is 27.2 Å². The lowest BCUT2D eigenvalue weighted by Crippen LogP contribution is -2.39. The largest absolute Gasteiger partial charge is 0.339 e. The number of aromatic nitrogens is 4. The molecule has 1 aliphatic rings. The molecule has 0 saturated heterocycles. The third kappa shape index (κ3) is 2.32. The number of aromatic amines is 2. The number of rotatable bonds is 2. The van der Waals surface area contributed by atoms with Crippen molar-refractivity contribution < 1.29 is 0 Å². The minimum Gasteiger partial charge on any atom is -0.339 e. The topological polar surface area (TPSA) is 83.5 Å². The van der Waals surface area contributed by atoms with Gasteiger partial charge in [-0.1, -0.05) is 27.2 Å². The van der Waals surface area contributed by atoms with Crippen molar-refractivity contribution in [1.82, 2.24) is 19.5 Å². The summed E-state index contributed by atoms with van der Waals surface area (Å²) >= 11 is 0. The lowest BCUT2D eigenvalue weighted by atomic mass is 9.74. The molecule has 0 aromatic carbocycles. The highest BCUT2D eigenvalue weighted by molar-refractivity contribution is 5.68. The highest BCUT2D eigenvalue weighted by Gasteiger charge is 2.34. The third-order valence-electron chi connectivity index (χ3n) is 4.83. The molecule has 6 heteroatoms. The number of H-pyrrole nitrogens is 2. The summed E-state index contributed by atoms with van der Waals surface area (Å²) in [5, 5.41) is 0. The average molecular weight is 290 g/mol. The Kier molecular flexibility index (Phi) is 3.47. The van der Waals surface area contributed by atoms with E-state index >= 15 is 0 Å². The normalized spacial score (nSPS) is 26.6. The zero-order valence-corrected chi connectivity index (χ0v) is 12.7. The first-order chi connectivity index (χ1) is 9.99. The van der Waals surface area contributed by atoms with Crippen LogP contribution in [0.25, 0.3) is 11.2 Å². The van der Waals surface area contributed by atoms with E-state index in [1.54, 1.807) is 4.57 Å². The van der Waals surface area contributed by atoms with Crippen LogP contribution in [0.1, 0.15) is 46.1 Å². The van der Waals surface area contributed by atoms with E-state index in [9.17, 15) is 9.59 Å². The van der Waals surface area contributed by atoms with Crippen molar-refractivity contribution >= 4 is 11.2 Å². The van der Waals surface area contributed by atoms with Gasteiger partial charge in [0.15, 0.2) is 5.65 Å². The minimum absolute atomic E-state index is 0.101. The van der Waals surface area contributed by atoms with Crippen LogP contribution in [0.15, 0.2) is 15.9 Å². The molecule has 0 spiro atoms. The van der Waals surface area contributed by atoms with Crippen molar-refractivity contribution in [1.29, 1.82) is 0 Å². The Labute approximate surface area is 122 Å². The van der Waals surface area contributed by atoms with Crippen molar-refractivity contribution in [3.8, 4) is 0 Å². The fraction of sp³-hybridized carbons (Fsp3) is 0.667. The maximum Gasteiger partial charge on any atom is 0.330 e. The molecule has 2 aromatic heterocycles. The monoisotopic (exact) mass is 290 g/mol.